The largest absolute Gasteiger partial charge is 0.481 e. The van der Waals surface area contributed by atoms with E-state index in [1.54, 1.807) is 0 Å². The van der Waals surface area contributed by atoms with Crippen LogP contribution >= 0.6 is 0 Å². The molecule has 0 aromatic heterocycles. The molecule has 0 radical (unpaired) electrons. The van der Waals surface area contributed by atoms with Crippen LogP contribution in [0.2, 0.25) is 0 Å². The third kappa shape index (κ3) is 4.65. The van der Waals surface area contributed by atoms with E-state index in [1.807, 2.05) is 6.92 Å². The molecule has 2 atom stereocenters. The van der Waals surface area contributed by atoms with Gasteiger partial charge >= 0.3 is 5.97 Å². The lowest BCUT2D eigenvalue weighted by Crippen LogP contribution is -2.14. The maximum absolute atomic E-state index is 10.9. The quantitative estimate of drug-likeness (QED) is 0.708. The summed E-state index contributed by atoms with van der Waals surface area (Å²) >= 11 is 0. The number of hydrogen-bond acceptors (Lipinski definition) is 2. The summed E-state index contributed by atoms with van der Waals surface area (Å²) in [6.07, 6.45) is 7.32. The monoisotopic (exact) mass is 214 g/mol. The number of rotatable bonds is 7. The van der Waals surface area contributed by atoms with Crippen molar-refractivity contribution in [3.8, 4) is 0 Å². The fraction of sp³-hybridized carbons (Fsp3) is 0.917. The molecule has 88 valence electrons. The Balaban J connectivity index is 2.12. The summed E-state index contributed by atoms with van der Waals surface area (Å²) in [5.74, 6) is -0.777. The number of aliphatic carboxylic acids is 1. The Bertz CT molecular complexity index is 185. The van der Waals surface area contributed by atoms with Crippen LogP contribution < -0.4 is 0 Å². The normalized spacial score (nSPS) is 22.9. The molecule has 0 aromatic rings. The Kier molecular flexibility index (Phi) is 5.69. The fourth-order valence-corrected chi connectivity index (χ4v) is 2.20. The molecule has 3 nitrogen and oxygen atoms in total. The SMILES string of the molecule is CCCC(CCCC1CCCO1)C(=O)O. The average molecular weight is 214 g/mol. The molecule has 1 heterocycles. The molecule has 0 amide bonds. The molecule has 0 aliphatic carbocycles. The van der Waals surface area contributed by atoms with Crippen molar-refractivity contribution in [2.24, 2.45) is 5.92 Å². The van der Waals surface area contributed by atoms with Gasteiger partial charge in [0.05, 0.1) is 12.0 Å². The third-order valence-corrected chi connectivity index (χ3v) is 3.09. The topological polar surface area (TPSA) is 46.5 Å². The molecule has 1 N–H and O–H groups in total. The van der Waals surface area contributed by atoms with E-state index in [1.165, 1.54) is 6.42 Å². The third-order valence-electron chi connectivity index (χ3n) is 3.09. The highest BCUT2D eigenvalue weighted by atomic mass is 16.5. The maximum Gasteiger partial charge on any atom is 0.306 e. The van der Waals surface area contributed by atoms with Crippen LogP contribution in [0.1, 0.15) is 51.9 Å². The average Bonchev–Trinajstić information content (AvgIpc) is 2.69. The van der Waals surface area contributed by atoms with E-state index < -0.39 is 5.97 Å². The molecule has 0 bridgehead atoms. The second-order valence-electron chi connectivity index (χ2n) is 4.39. The Morgan fingerprint density at radius 3 is 2.87 bits per heavy atom. The number of hydrogen-bond donors (Lipinski definition) is 1. The zero-order valence-electron chi connectivity index (χ0n) is 9.58. The van der Waals surface area contributed by atoms with Gasteiger partial charge in [0.2, 0.25) is 0 Å². The molecule has 0 aromatic carbocycles. The van der Waals surface area contributed by atoms with Gasteiger partial charge in [0.1, 0.15) is 0 Å². The van der Waals surface area contributed by atoms with Gasteiger partial charge in [-0.15, -0.1) is 0 Å². The van der Waals surface area contributed by atoms with Gasteiger partial charge in [-0.05, 0) is 32.1 Å². The lowest BCUT2D eigenvalue weighted by atomic mass is 9.96. The van der Waals surface area contributed by atoms with Crippen LogP contribution in [0.25, 0.3) is 0 Å². The summed E-state index contributed by atoms with van der Waals surface area (Å²) in [4.78, 5) is 10.9. The summed E-state index contributed by atoms with van der Waals surface area (Å²) in [6.45, 7) is 2.93. The molecule has 1 saturated heterocycles. The second kappa shape index (κ2) is 6.83. The molecule has 2 unspecified atom stereocenters. The van der Waals surface area contributed by atoms with Gasteiger partial charge in [-0.3, -0.25) is 4.79 Å². The van der Waals surface area contributed by atoms with Crippen LogP contribution in [0.15, 0.2) is 0 Å². The molecule has 1 fully saturated rings. The van der Waals surface area contributed by atoms with E-state index in [2.05, 4.69) is 0 Å². The molecule has 1 rings (SSSR count). The molecule has 0 spiro atoms. The number of carboxylic acid groups (broad SMARTS) is 1. The first-order valence-corrected chi connectivity index (χ1v) is 6.08. The molecule has 1 aliphatic heterocycles. The van der Waals surface area contributed by atoms with Crippen molar-refractivity contribution >= 4 is 5.97 Å². The highest BCUT2D eigenvalue weighted by Crippen LogP contribution is 2.21. The Labute approximate surface area is 91.8 Å². The predicted octanol–water partition coefficient (Wildman–Crippen LogP) is 2.84. The summed E-state index contributed by atoms with van der Waals surface area (Å²) in [6, 6.07) is 0. The standard InChI is InChI=1S/C12H22O3/c1-2-5-10(12(13)14)6-3-7-11-8-4-9-15-11/h10-11H,2-9H2,1H3,(H,13,14). The minimum atomic E-state index is -0.635. The van der Waals surface area contributed by atoms with E-state index in [9.17, 15) is 4.79 Å². The van der Waals surface area contributed by atoms with Gasteiger partial charge in [-0.1, -0.05) is 19.8 Å². The zero-order valence-corrected chi connectivity index (χ0v) is 9.58. The Hall–Kier alpha value is -0.570. The Morgan fingerprint density at radius 1 is 1.53 bits per heavy atom. The summed E-state index contributed by atoms with van der Waals surface area (Å²) in [5.41, 5.74) is 0. The first kappa shape index (κ1) is 12.5. The van der Waals surface area contributed by atoms with Crippen molar-refractivity contribution in [1.82, 2.24) is 0 Å². The number of carboxylic acids is 1. The van der Waals surface area contributed by atoms with Crippen LogP contribution in [0.5, 0.6) is 0 Å². The van der Waals surface area contributed by atoms with Gasteiger partial charge in [0.15, 0.2) is 0 Å². The van der Waals surface area contributed by atoms with E-state index in [0.717, 1.165) is 45.1 Å². The summed E-state index contributed by atoms with van der Waals surface area (Å²) in [5, 5.41) is 8.97. The first-order valence-electron chi connectivity index (χ1n) is 6.08. The van der Waals surface area contributed by atoms with Gasteiger partial charge in [-0.25, -0.2) is 0 Å². The van der Waals surface area contributed by atoms with Crippen molar-refractivity contribution in [3.63, 3.8) is 0 Å². The smallest absolute Gasteiger partial charge is 0.306 e. The minimum Gasteiger partial charge on any atom is -0.481 e. The zero-order chi connectivity index (χ0) is 11.1. The van der Waals surface area contributed by atoms with Crippen molar-refractivity contribution in [3.05, 3.63) is 0 Å². The van der Waals surface area contributed by atoms with Crippen LogP contribution in [-0.2, 0) is 9.53 Å². The van der Waals surface area contributed by atoms with Gasteiger partial charge in [0, 0.05) is 6.61 Å². The number of ether oxygens (including phenoxy) is 1. The van der Waals surface area contributed by atoms with E-state index in [4.69, 9.17) is 9.84 Å². The minimum absolute atomic E-state index is 0.142. The lowest BCUT2D eigenvalue weighted by molar-refractivity contribution is -0.142. The van der Waals surface area contributed by atoms with Crippen molar-refractivity contribution in [2.75, 3.05) is 6.61 Å². The molecule has 0 saturated carbocycles. The Morgan fingerprint density at radius 2 is 2.33 bits per heavy atom. The highest BCUT2D eigenvalue weighted by molar-refractivity contribution is 5.69. The van der Waals surface area contributed by atoms with Crippen LogP contribution in [0.4, 0.5) is 0 Å². The molecule has 1 aliphatic rings. The second-order valence-corrected chi connectivity index (χ2v) is 4.39. The summed E-state index contributed by atoms with van der Waals surface area (Å²) in [7, 11) is 0. The van der Waals surface area contributed by atoms with Gasteiger partial charge in [-0.2, -0.15) is 0 Å². The maximum atomic E-state index is 10.9. The first-order chi connectivity index (χ1) is 7.24. The van der Waals surface area contributed by atoms with Crippen LogP contribution in [-0.4, -0.2) is 23.8 Å². The molecular formula is C12H22O3. The molecular weight excluding hydrogens is 192 g/mol. The van der Waals surface area contributed by atoms with Gasteiger partial charge in [0.25, 0.3) is 0 Å². The predicted molar refractivity (Wildman–Crippen MR) is 58.9 cm³/mol. The van der Waals surface area contributed by atoms with E-state index in [-0.39, 0.29) is 5.92 Å². The van der Waals surface area contributed by atoms with E-state index >= 15 is 0 Å². The summed E-state index contributed by atoms with van der Waals surface area (Å²) < 4.78 is 5.51. The van der Waals surface area contributed by atoms with Crippen LogP contribution in [0.3, 0.4) is 0 Å². The van der Waals surface area contributed by atoms with Crippen LogP contribution in [0, 0.1) is 5.92 Å². The highest BCUT2D eigenvalue weighted by Gasteiger charge is 2.19. The lowest BCUT2D eigenvalue weighted by Gasteiger charge is -2.13. The van der Waals surface area contributed by atoms with Crippen molar-refractivity contribution in [1.29, 1.82) is 0 Å². The number of carbonyl (C=O) groups is 1. The molecule has 15 heavy (non-hydrogen) atoms. The van der Waals surface area contributed by atoms with Crippen molar-refractivity contribution < 1.29 is 14.6 Å². The van der Waals surface area contributed by atoms with Crippen molar-refractivity contribution in [2.45, 2.75) is 58.0 Å². The fourth-order valence-electron chi connectivity index (χ4n) is 2.20. The van der Waals surface area contributed by atoms with E-state index in [0.29, 0.717) is 6.10 Å². The van der Waals surface area contributed by atoms with Gasteiger partial charge < -0.3 is 9.84 Å². The molecule has 3 heteroatoms.